The molecule has 0 spiro atoms. The zero-order chi connectivity index (χ0) is 17.6. The van der Waals surface area contributed by atoms with E-state index in [0.717, 1.165) is 44.2 Å². The Labute approximate surface area is 149 Å². The largest absolute Gasteiger partial charge is 0.354 e. The number of hydrogen-bond acceptors (Lipinski definition) is 4. The first-order valence-electron chi connectivity index (χ1n) is 8.90. The normalized spacial score (nSPS) is 15.4. The summed E-state index contributed by atoms with van der Waals surface area (Å²) >= 11 is 0. The molecule has 1 aliphatic heterocycles. The van der Waals surface area contributed by atoms with Gasteiger partial charge in [0.2, 0.25) is 5.91 Å². The van der Waals surface area contributed by atoms with Gasteiger partial charge in [-0.15, -0.1) is 0 Å². The summed E-state index contributed by atoms with van der Waals surface area (Å²) < 4.78 is 0. The Hall–Kier alpha value is -2.40. The molecule has 1 aliphatic rings. The molecule has 1 aromatic carbocycles. The van der Waals surface area contributed by atoms with Crippen molar-refractivity contribution in [2.75, 3.05) is 36.4 Å². The van der Waals surface area contributed by atoms with Crippen LogP contribution in [0.3, 0.4) is 0 Å². The van der Waals surface area contributed by atoms with Crippen LogP contribution in [0.15, 0.2) is 48.7 Å². The van der Waals surface area contributed by atoms with Crippen molar-refractivity contribution < 1.29 is 4.79 Å². The molecule has 25 heavy (non-hydrogen) atoms. The van der Waals surface area contributed by atoms with Gasteiger partial charge in [0.15, 0.2) is 0 Å². The molecule has 3 rings (SSSR count). The van der Waals surface area contributed by atoms with Crippen LogP contribution in [0.2, 0.25) is 0 Å². The average Bonchev–Trinajstić information content (AvgIpc) is 2.64. The number of nitrogens with one attached hydrogen (secondary N) is 1. The molecule has 0 saturated carbocycles. The van der Waals surface area contributed by atoms with E-state index in [9.17, 15) is 4.79 Å². The molecular formula is C20H26N4O. The van der Waals surface area contributed by atoms with Crippen LogP contribution >= 0.6 is 0 Å². The Morgan fingerprint density at radius 2 is 1.80 bits per heavy atom. The third-order valence-corrected chi connectivity index (χ3v) is 4.50. The minimum absolute atomic E-state index is 0.00456. The summed E-state index contributed by atoms with van der Waals surface area (Å²) in [5.74, 6) is 1.11. The van der Waals surface area contributed by atoms with Crippen LogP contribution in [0.25, 0.3) is 0 Å². The van der Waals surface area contributed by atoms with Gasteiger partial charge in [0, 0.05) is 50.5 Å². The Kier molecular flexibility index (Phi) is 5.66. The maximum absolute atomic E-state index is 11.7. The minimum Gasteiger partial charge on any atom is -0.354 e. The third-order valence-electron chi connectivity index (χ3n) is 4.50. The lowest BCUT2D eigenvalue weighted by molar-refractivity contribution is -0.118. The number of amides is 1. The number of anilines is 2. The van der Waals surface area contributed by atoms with Gasteiger partial charge in [-0.1, -0.05) is 32.0 Å². The fourth-order valence-corrected chi connectivity index (χ4v) is 2.91. The smallest absolute Gasteiger partial charge is 0.226 e. The topological polar surface area (TPSA) is 48.5 Å². The molecule has 0 atom stereocenters. The highest BCUT2D eigenvalue weighted by molar-refractivity contribution is 5.92. The maximum atomic E-state index is 11.7. The zero-order valence-electron chi connectivity index (χ0n) is 15.0. The van der Waals surface area contributed by atoms with Crippen molar-refractivity contribution in [1.82, 2.24) is 9.88 Å². The summed E-state index contributed by atoms with van der Waals surface area (Å²) in [6, 6.07) is 14.2. The zero-order valence-corrected chi connectivity index (χ0v) is 15.0. The lowest BCUT2D eigenvalue weighted by Crippen LogP contribution is -2.46. The molecule has 5 nitrogen and oxygen atoms in total. The van der Waals surface area contributed by atoms with Gasteiger partial charge in [-0.05, 0) is 29.8 Å². The van der Waals surface area contributed by atoms with E-state index in [2.05, 4.69) is 38.3 Å². The first-order chi connectivity index (χ1) is 12.1. The van der Waals surface area contributed by atoms with Crippen molar-refractivity contribution in [2.45, 2.75) is 20.4 Å². The lowest BCUT2D eigenvalue weighted by atomic mass is 10.1. The molecule has 5 heteroatoms. The van der Waals surface area contributed by atoms with Crippen LogP contribution in [0.5, 0.6) is 0 Å². The monoisotopic (exact) mass is 338 g/mol. The van der Waals surface area contributed by atoms with Gasteiger partial charge in [-0.3, -0.25) is 9.69 Å². The van der Waals surface area contributed by atoms with Crippen molar-refractivity contribution >= 4 is 17.4 Å². The lowest BCUT2D eigenvalue weighted by Gasteiger charge is -2.35. The highest BCUT2D eigenvalue weighted by atomic mass is 16.1. The van der Waals surface area contributed by atoms with E-state index in [1.165, 1.54) is 5.56 Å². The molecule has 132 valence electrons. The molecule has 1 saturated heterocycles. The molecule has 0 bridgehead atoms. The summed E-state index contributed by atoms with van der Waals surface area (Å²) in [4.78, 5) is 21.0. The molecule has 0 unspecified atom stereocenters. The van der Waals surface area contributed by atoms with E-state index in [0.29, 0.717) is 0 Å². The van der Waals surface area contributed by atoms with Gasteiger partial charge in [0.25, 0.3) is 0 Å². The third kappa shape index (κ3) is 4.79. The molecular weight excluding hydrogens is 312 g/mol. The number of aromatic nitrogens is 1. The second kappa shape index (κ2) is 8.12. The van der Waals surface area contributed by atoms with Crippen molar-refractivity contribution in [3.05, 3.63) is 54.2 Å². The summed E-state index contributed by atoms with van der Waals surface area (Å²) in [7, 11) is 0. The van der Waals surface area contributed by atoms with Gasteiger partial charge in [0.05, 0.1) is 0 Å². The fourth-order valence-electron chi connectivity index (χ4n) is 2.91. The van der Waals surface area contributed by atoms with Crippen molar-refractivity contribution in [1.29, 1.82) is 0 Å². The number of piperazine rings is 1. The Morgan fingerprint density at radius 3 is 2.40 bits per heavy atom. The number of carbonyl (C=O) groups is 1. The van der Waals surface area contributed by atoms with Crippen molar-refractivity contribution in [3.63, 3.8) is 0 Å². The Balaban J connectivity index is 1.50. The second-order valence-corrected chi connectivity index (χ2v) is 6.79. The molecule has 1 aromatic heterocycles. The van der Waals surface area contributed by atoms with Crippen LogP contribution in [0.4, 0.5) is 11.5 Å². The fraction of sp³-hybridized carbons (Fsp3) is 0.400. The average molecular weight is 338 g/mol. The molecule has 1 N–H and O–H groups in total. The van der Waals surface area contributed by atoms with Crippen LogP contribution < -0.4 is 10.2 Å². The van der Waals surface area contributed by atoms with Gasteiger partial charge in [0.1, 0.15) is 5.82 Å². The molecule has 1 fully saturated rings. The number of benzene rings is 1. The first kappa shape index (κ1) is 17.4. The predicted octanol–water partition coefficient (Wildman–Crippen LogP) is 3.00. The van der Waals surface area contributed by atoms with Crippen LogP contribution in [0.1, 0.15) is 19.4 Å². The van der Waals surface area contributed by atoms with Crippen molar-refractivity contribution in [3.8, 4) is 0 Å². The quantitative estimate of drug-likeness (QED) is 0.910. The minimum atomic E-state index is -0.00456. The first-order valence-corrected chi connectivity index (χ1v) is 8.90. The van der Waals surface area contributed by atoms with E-state index < -0.39 is 0 Å². The van der Waals surface area contributed by atoms with Crippen LogP contribution in [0, 0.1) is 5.92 Å². The van der Waals surface area contributed by atoms with E-state index in [1.54, 1.807) is 0 Å². The predicted molar refractivity (Wildman–Crippen MR) is 102 cm³/mol. The Bertz CT molecular complexity index is 677. The SMILES string of the molecule is CC(C)C(=O)Nc1ccc(CN2CCN(c3ccccn3)CC2)cc1. The number of rotatable bonds is 5. The van der Waals surface area contributed by atoms with Crippen molar-refractivity contribution in [2.24, 2.45) is 5.92 Å². The van der Waals surface area contributed by atoms with Gasteiger partial charge < -0.3 is 10.2 Å². The van der Waals surface area contributed by atoms with Gasteiger partial charge >= 0.3 is 0 Å². The van der Waals surface area contributed by atoms with Crippen LogP contribution in [-0.4, -0.2) is 42.0 Å². The number of hydrogen-bond donors (Lipinski definition) is 1. The molecule has 0 aliphatic carbocycles. The highest BCUT2D eigenvalue weighted by Crippen LogP contribution is 2.16. The summed E-state index contributed by atoms with van der Waals surface area (Å²) in [5.41, 5.74) is 2.14. The molecule has 1 amide bonds. The second-order valence-electron chi connectivity index (χ2n) is 6.79. The highest BCUT2D eigenvalue weighted by Gasteiger charge is 2.17. The Morgan fingerprint density at radius 1 is 1.08 bits per heavy atom. The standard InChI is InChI=1S/C20H26N4O/c1-16(2)20(25)22-18-8-6-17(7-9-18)15-23-11-13-24(14-12-23)19-5-3-4-10-21-19/h3-10,16H,11-15H2,1-2H3,(H,22,25). The summed E-state index contributed by atoms with van der Waals surface area (Å²) in [6.07, 6.45) is 1.85. The number of pyridine rings is 1. The molecule has 2 aromatic rings. The van der Waals surface area contributed by atoms with Gasteiger partial charge in [-0.2, -0.15) is 0 Å². The van der Waals surface area contributed by atoms with Crippen LogP contribution in [-0.2, 0) is 11.3 Å². The number of carbonyl (C=O) groups excluding carboxylic acids is 1. The number of nitrogens with zero attached hydrogens (tertiary/aromatic N) is 3. The maximum Gasteiger partial charge on any atom is 0.226 e. The summed E-state index contributed by atoms with van der Waals surface area (Å²) in [6.45, 7) is 8.79. The van der Waals surface area contributed by atoms with E-state index in [1.807, 2.05) is 44.3 Å². The van der Waals surface area contributed by atoms with E-state index >= 15 is 0 Å². The van der Waals surface area contributed by atoms with Gasteiger partial charge in [-0.25, -0.2) is 4.98 Å². The molecule has 2 heterocycles. The van der Waals surface area contributed by atoms with E-state index in [-0.39, 0.29) is 11.8 Å². The molecule has 0 radical (unpaired) electrons. The summed E-state index contributed by atoms with van der Waals surface area (Å²) in [5, 5.41) is 2.93. The van der Waals surface area contributed by atoms with E-state index in [4.69, 9.17) is 0 Å².